The zero-order chi connectivity index (χ0) is 48.2. The van der Waals surface area contributed by atoms with Gasteiger partial charge in [0.2, 0.25) is 9.39 Å². The standard InChI is InChI=1S/C49H59Cl3N4O11/c1-8-44(61)22-28-23-47(42(59)64-6,37-30(13-17-55(24-28)25-44)31-19-29(11-12-34(31)53-37)38(58)66-26-48(50,51)52)33-20-32-35(21-36(33)63-5)54(4)40-46(32)15-18-56-16-10-14-45(9-2,39(46)56)41(67-27(3)57)49(40,62)43(60)65-7/h10-12,14,19-21,28,39-41,53,61-62H,8-9,13,15-18,22-26H2,1-7H3/t28-,39+,40-,41-,44+,45-,46-,47+,49+/m1/s1. The zero-order valence-electron chi connectivity index (χ0n) is 38.9. The number of carbonyl (C=O) groups is 4. The third-order valence-corrected chi connectivity index (χ3v) is 16.6. The normalized spacial score (nSPS) is 34.1. The number of esters is 4. The fourth-order valence-electron chi connectivity index (χ4n) is 13.9. The summed E-state index contributed by atoms with van der Waals surface area (Å²) in [6, 6.07) is 7.60. The SMILES string of the molecule is CC[C@]1(O)C[C@H]2CN(CCc3c([nH]c4ccc(C(=O)OCC(Cl)(Cl)Cl)cc34)[C@@](C(=O)OC)(c3cc4c(cc3OC)N(C)[C@H]3[C@@](O)(C(=O)OC)[C@H](OC(C)=O)[C@]5(CC)C=CCN6CC[C@]43[C@@H]65)C2)C1. The number of carbonyl (C=O) groups excluding carboxylic acids is 4. The van der Waals surface area contributed by atoms with E-state index in [2.05, 4.69) is 14.8 Å². The summed E-state index contributed by atoms with van der Waals surface area (Å²) in [5.74, 6) is -2.71. The summed E-state index contributed by atoms with van der Waals surface area (Å²) in [7, 11) is 5.94. The Morgan fingerprint density at radius 2 is 1.69 bits per heavy atom. The highest BCUT2D eigenvalue weighted by Crippen LogP contribution is 2.68. The van der Waals surface area contributed by atoms with Gasteiger partial charge in [-0.1, -0.05) is 60.8 Å². The van der Waals surface area contributed by atoms with Crippen molar-refractivity contribution in [1.82, 2.24) is 14.8 Å². The molecule has 1 unspecified atom stereocenters. The lowest BCUT2D eigenvalue weighted by Gasteiger charge is -2.63. The van der Waals surface area contributed by atoms with Gasteiger partial charge in [0, 0.05) is 90.9 Å². The second kappa shape index (κ2) is 16.8. The van der Waals surface area contributed by atoms with Crippen LogP contribution >= 0.6 is 34.8 Å². The summed E-state index contributed by atoms with van der Waals surface area (Å²) in [6.07, 6.45) is 5.14. The van der Waals surface area contributed by atoms with Crippen LogP contribution in [0.4, 0.5) is 5.69 Å². The quantitative estimate of drug-likeness (QED) is 0.106. The minimum absolute atomic E-state index is 0.190. The molecule has 3 N–H and O–H groups in total. The summed E-state index contributed by atoms with van der Waals surface area (Å²) in [6.45, 7) is 7.52. The Balaban J connectivity index is 1.34. The van der Waals surface area contributed by atoms with Crippen LogP contribution in [0.5, 0.6) is 5.75 Å². The summed E-state index contributed by atoms with van der Waals surface area (Å²) in [5.41, 5.74) is -2.97. The number of ether oxygens (including phenoxy) is 5. The summed E-state index contributed by atoms with van der Waals surface area (Å²) in [5, 5.41) is 26.2. The predicted octanol–water partition coefficient (Wildman–Crippen LogP) is 5.52. The maximum atomic E-state index is 15.6. The second-order valence-electron chi connectivity index (χ2n) is 19.6. The molecular formula is C49H59Cl3N4O11. The number of benzene rings is 2. The lowest BCUT2D eigenvalue weighted by molar-refractivity contribution is -0.228. The molecule has 2 bridgehead atoms. The Labute approximate surface area is 404 Å². The number of likely N-dealkylation sites (N-methyl/N-ethyl adjacent to an activating group) is 1. The number of piperidine rings is 1. The number of fused-ring (bicyclic) bond motifs is 6. The van der Waals surface area contributed by atoms with E-state index in [1.54, 1.807) is 18.2 Å². The molecule has 1 aliphatic carbocycles. The number of aromatic nitrogens is 1. The van der Waals surface area contributed by atoms with Gasteiger partial charge in [0.25, 0.3) is 0 Å². The molecule has 6 heterocycles. The smallest absolute Gasteiger partial charge is 0.344 e. The van der Waals surface area contributed by atoms with Crippen molar-refractivity contribution in [2.24, 2.45) is 11.3 Å². The van der Waals surface area contributed by atoms with Crippen LogP contribution in [0, 0.1) is 11.3 Å². The van der Waals surface area contributed by atoms with Crippen molar-refractivity contribution in [3.63, 3.8) is 0 Å². The number of halogens is 3. The average molecular weight is 986 g/mol. The average Bonchev–Trinajstić information content (AvgIpc) is 3.96. The van der Waals surface area contributed by atoms with E-state index in [9.17, 15) is 24.6 Å². The van der Waals surface area contributed by atoms with Gasteiger partial charge in [-0.25, -0.2) is 9.59 Å². The van der Waals surface area contributed by atoms with E-state index in [4.69, 9.17) is 58.5 Å². The number of anilines is 1. The lowest BCUT2D eigenvalue weighted by atomic mass is 9.47. The van der Waals surface area contributed by atoms with E-state index < -0.39 is 73.9 Å². The van der Waals surface area contributed by atoms with Crippen molar-refractivity contribution < 1.29 is 53.1 Å². The summed E-state index contributed by atoms with van der Waals surface area (Å²) in [4.78, 5) is 66.8. The second-order valence-corrected chi connectivity index (χ2v) is 22.1. The van der Waals surface area contributed by atoms with Crippen LogP contribution in [0.2, 0.25) is 0 Å². The summed E-state index contributed by atoms with van der Waals surface area (Å²) < 4.78 is 27.5. The van der Waals surface area contributed by atoms with Crippen molar-refractivity contribution in [3.8, 4) is 5.75 Å². The van der Waals surface area contributed by atoms with E-state index in [-0.39, 0.29) is 23.9 Å². The Kier molecular flexibility index (Phi) is 12.0. The highest BCUT2D eigenvalue weighted by molar-refractivity contribution is 6.67. The Bertz CT molecular complexity index is 2570. The van der Waals surface area contributed by atoms with Gasteiger partial charge >= 0.3 is 23.9 Å². The molecule has 3 aromatic rings. The number of H-pyrrole nitrogens is 1. The molecule has 6 aliphatic rings. The van der Waals surface area contributed by atoms with Crippen LogP contribution in [0.25, 0.3) is 10.9 Å². The molecule has 1 spiro atoms. The fourth-order valence-corrected chi connectivity index (χ4v) is 14.1. The molecule has 2 aromatic carbocycles. The highest BCUT2D eigenvalue weighted by Gasteiger charge is 2.80. The van der Waals surface area contributed by atoms with Gasteiger partial charge < -0.3 is 43.8 Å². The van der Waals surface area contributed by atoms with Gasteiger partial charge in [0.1, 0.15) is 17.8 Å². The number of nitrogens with zero attached hydrogens (tertiary/aromatic N) is 3. The predicted molar refractivity (Wildman–Crippen MR) is 251 cm³/mol. The first-order valence-electron chi connectivity index (χ1n) is 23.0. The third-order valence-electron chi connectivity index (χ3n) is 16.3. The third kappa shape index (κ3) is 7.02. The maximum Gasteiger partial charge on any atom is 0.344 e. The molecule has 0 radical (unpaired) electrons. The van der Waals surface area contributed by atoms with Gasteiger partial charge in [0.05, 0.1) is 38.5 Å². The first-order chi connectivity index (χ1) is 31.7. The van der Waals surface area contributed by atoms with Crippen molar-refractivity contribution in [2.45, 2.75) is 103 Å². The topological polar surface area (TPSA) is 180 Å². The molecule has 3 fully saturated rings. The molecule has 1 saturated carbocycles. The maximum absolute atomic E-state index is 15.6. The zero-order valence-corrected chi connectivity index (χ0v) is 41.1. The molecule has 2 saturated heterocycles. The molecule has 10 atom stereocenters. The van der Waals surface area contributed by atoms with Gasteiger partial charge in [-0.05, 0) is 86.4 Å². The minimum atomic E-state index is -2.37. The number of aromatic amines is 1. The number of hydrogen-bond acceptors (Lipinski definition) is 14. The van der Waals surface area contributed by atoms with Crippen LogP contribution in [0.15, 0.2) is 42.5 Å². The van der Waals surface area contributed by atoms with E-state index >= 15 is 4.79 Å². The Morgan fingerprint density at radius 3 is 2.34 bits per heavy atom. The van der Waals surface area contributed by atoms with Gasteiger partial charge in [-0.3, -0.25) is 19.4 Å². The van der Waals surface area contributed by atoms with E-state index in [0.29, 0.717) is 98.4 Å². The van der Waals surface area contributed by atoms with Crippen molar-refractivity contribution in [2.75, 3.05) is 72.6 Å². The first-order valence-corrected chi connectivity index (χ1v) is 24.1. The van der Waals surface area contributed by atoms with Crippen LogP contribution < -0.4 is 9.64 Å². The highest BCUT2D eigenvalue weighted by atomic mass is 35.6. The van der Waals surface area contributed by atoms with Gasteiger partial charge in [-0.2, -0.15) is 0 Å². The van der Waals surface area contributed by atoms with Crippen molar-refractivity contribution in [1.29, 1.82) is 0 Å². The van der Waals surface area contributed by atoms with Crippen molar-refractivity contribution >= 4 is 75.3 Å². The number of hydrogen-bond donors (Lipinski definition) is 3. The lowest BCUT2D eigenvalue weighted by Crippen LogP contribution is -2.81. The number of methoxy groups -OCH3 is 3. The molecule has 0 amide bonds. The van der Waals surface area contributed by atoms with Crippen LogP contribution in [0.1, 0.15) is 85.6 Å². The van der Waals surface area contributed by atoms with E-state index in [1.165, 1.54) is 28.3 Å². The van der Waals surface area contributed by atoms with Gasteiger partial charge in [-0.15, -0.1) is 0 Å². The van der Waals surface area contributed by atoms with E-state index in [1.807, 2.05) is 50.1 Å². The summed E-state index contributed by atoms with van der Waals surface area (Å²) >= 11 is 17.8. The molecule has 1 aromatic heterocycles. The number of rotatable bonds is 9. The largest absolute Gasteiger partial charge is 0.496 e. The molecular weight excluding hydrogens is 927 g/mol. The van der Waals surface area contributed by atoms with Crippen LogP contribution in [-0.2, 0) is 50.6 Å². The monoisotopic (exact) mass is 984 g/mol. The van der Waals surface area contributed by atoms with Crippen LogP contribution in [0.3, 0.4) is 0 Å². The number of aliphatic hydroxyl groups is 2. The van der Waals surface area contributed by atoms with Crippen LogP contribution in [-0.4, -0.2) is 150 Å². The fraction of sp³-hybridized carbons (Fsp3) is 0.592. The number of alkyl halides is 3. The molecule has 18 heteroatoms. The minimum Gasteiger partial charge on any atom is -0.496 e. The molecule has 362 valence electrons. The molecule has 67 heavy (non-hydrogen) atoms. The Hall–Kier alpha value is -4.09. The molecule has 9 rings (SSSR count). The van der Waals surface area contributed by atoms with Gasteiger partial charge in [0.15, 0.2) is 6.10 Å². The number of nitrogens with one attached hydrogen (secondary N) is 1. The Morgan fingerprint density at radius 1 is 0.940 bits per heavy atom. The van der Waals surface area contributed by atoms with E-state index in [0.717, 1.165) is 11.1 Å². The first kappa shape index (κ1) is 48.0. The molecule has 15 nitrogen and oxygen atoms in total. The molecule has 5 aliphatic heterocycles. The van der Waals surface area contributed by atoms with Crippen molar-refractivity contribution in [3.05, 3.63) is 70.4 Å².